The molecule has 1 aliphatic carbocycles. The Morgan fingerprint density at radius 1 is 1.38 bits per heavy atom. The molecule has 1 unspecified atom stereocenters. The van der Waals surface area contributed by atoms with Gasteiger partial charge in [0.1, 0.15) is 0 Å². The van der Waals surface area contributed by atoms with Crippen LogP contribution < -0.4 is 0 Å². The van der Waals surface area contributed by atoms with Gasteiger partial charge in [0.15, 0.2) is 0 Å². The quantitative estimate of drug-likeness (QED) is 0.775. The van der Waals surface area contributed by atoms with Crippen LogP contribution in [0.5, 0.6) is 0 Å². The smallest absolute Gasteiger partial charge is 0.292 e. The lowest BCUT2D eigenvalue weighted by atomic mass is 10.0. The number of methoxy groups -OCH3 is 1. The number of aromatic nitrogens is 1. The summed E-state index contributed by atoms with van der Waals surface area (Å²) in [7, 11) is 3.59. The van der Waals surface area contributed by atoms with Crippen LogP contribution in [0.1, 0.15) is 54.8 Å². The van der Waals surface area contributed by atoms with Gasteiger partial charge in [0.05, 0.1) is 12.3 Å². The van der Waals surface area contributed by atoms with E-state index in [0.29, 0.717) is 37.6 Å². The van der Waals surface area contributed by atoms with Crippen molar-refractivity contribution >= 4 is 11.8 Å². The van der Waals surface area contributed by atoms with E-state index in [-0.39, 0.29) is 23.3 Å². The molecule has 0 spiro atoms. The summed E-state index contributed by atoms with van der Waals surface area (Å²) in [4.78, 5) is 28.9. The highest BCUT2D eigenvalue weighted by Crippen LogP contribution is 2.49. The molecule has 2 fully saturated rings. The van der Waals surface area contributed by atoms with E-state index in [2.05, 4.69) is 5.16 Å². The lowest BCUT2D eigenvalue weighted by Crippen LogP contribution is -2.39. The van der Waals surface area contributed by atoms with E-state index in [0.717, 1.165) is 32.1 Å². The second-order valence-corrected chi connectivity index (χ2v) is 7.82. The first kappa shape index (κ1) is 18.9. The lowest BCUT2D eigenvalue weighted by molar-refractivity contribution is -0.134. The number of rotatable bonds is 6. The minimum absolute atomic E-state index is 0.0664. The third kappa shape index (κ3) is 4.26. The van der Waals surface area contributed by atoms with Crippen LogP contribution >= 0.6 is 0 Å². The van der Waals surface area contributed by atoms with Crippen LogP contribution in [-0.2, 0) is 9.53 Å². The third-order valence-electron chi connectivity index (χ3n) is 5.70. The maximum Gasteiger partial charge on any atom is 0.292 e. The molecule has 26 heavy (non-hydrogen) atoms. The number of amides is 2. The molecule has 1 aromatic heterocycles. The summed E-state index contributed by atoms with van der Waals surface area (Å²) in [6.45, 7) is 3.78. The zero-order valence-electron chi connectivity index (χ0n) is 16.0. The van der Waals surface area contributed by atoms with Crippen molar-refractivity contribution in [3.05, 3.63) is 17.5 Å². The maximum atomic E-state index is 12.7. The molecule has 1 aromatic rings. The van der Waals surface area contributed by atoms with E-state index in [1.165, 1.54) is 0 Å². The molecular formula is C19H29N3O4. The molecule has 0 N–H and O–H groups in total. The van der Waals surface area contributed by atoms with Crippen molar-refractivity contribution in [2.24, 2.45) is 5.41 Å². The van der Waals surface area contributed by atoms with Gasteiger partial charge in [-0.1, -0.05) is 5.16 Å². The van der Waals surface area contributed by atoms with Crippen molar-refractivity contribution in [1.82, 2.24) is 15.0 Å². The van der Waals surface area contributed by atoms with Crippen LogP contribution in [0.2, 0.25) is 0 Å². The lowest BCUT2D eigenvalue weighted by Gasteiger charge is -2.29. The zero-order chi connectivity index (χ0) is 18.7. The fourth-order valence-electron chi connectivity index (χ4n) is 3.79. The summed E-state index contributed by atoms with van der Waals surface area (Å²) in [5.41, 5.74) is 0.771. The van der Waals surface area contributed by atoms with Gasteiger partial charge in [0.2, 0.25) is 11.7 Å². The molecule has 1 saturated heterocycles. The first-order valence-electron chi connectivity index (χ1n) is 9.41. The van der Waals surface area contributed by atoms with Gasteiger partial charge in [-0.05, 0) is 39.0 Å². The first-order chi connectivity index (χ1) is 12.4. The molecule has 0 bridgehead atoms. The summed E-state index contributed by atoms with van der Waals surface area (Å²) < 4.78 is 10.4. The second kappa shape index (κ2) is 7.78. The van der Waals surface area contributed by atoms with E-state index < -0.39 is 0 Å². The highest BCUT2D eigenvalue weighted by Gasteiger charge is 2.45. The van der Waals surface area contributed by atoms with E-state index in [9.17, 15) is 9.59 Å². The van der Waals surface area contributed by atoms with Crippen molar-refractivity contribution in [1.29, 1.82) is 0 Å². The van der Waals surface area contributed by atoms with E-state index in [1.807, 2.05) is 16.8 Å². The number of hydrogen-bond donors (Lipinski definition) is 0. The number of aryl methyl sites for hydroxylation is 1. The number of carbonyl (C=O) groups excluding carboxylic acids is 2. The molecule has 3 rings (SSSR count). The van der Waals surface area contributed by atoms with Gasteiger partial charge < -0.3 is 19.1 Å². The summed E-state index contributed by atoms with van der Waals surface area (Å²) in [5, 5.41) is 3.79. The van der Waals surface area contributed by atoms with Crippen LogP contribution in [0.15, 0.2) is 10.6 Å². The fourth-order valence-corrected chi connectivity index (χ4v) is 3.79. The van der Waals surface area contributed by atoms with Gasteiger partial charge in [-0.3, -0.25) is 9.59 Å². The predicted octanol–water partition coefficient (Wildman–Crippen LogP) is 2.25. The number of carbonyl (C=O) groups is 2. The summed E-state index contributed by atoms with van der Waals surface area (Å²) in [6, 6.07) is 1.85. The van der Waals surface area contributed by atoms with Crippen LogP contribution in [0.25, 0.3) is 0 Å². The molecule has 144 valence electrons. The van der Waals surface area contributed by atoms with Crippen molar-refractivity contribution in [3.8, 4) is 0 Å². The Morgan fingerprint density at radius 2 is 2.15 bits per heavy atom. The number of ether oxygens (including phenoxy) is 1. The number of hydrogen-bond acceptors (Lipinski definition) is 5. The maximum absolute atomic E-state index is 12.7. The van der Waals surface area contributed by atoms with Crippen LogP contribution in [0, 0.1) is 12.3 Å². The number of likely N-dealkylation sites (tertiary alicyclic amines) is 1. The molecule has 0 aromatic carbocycles. The molecular weight excluding hydrogens is 334 g/mol. The van der Waals surface area contributed by atoms with Crippen molar-refractivity contribution < 1.29 is 18.8 Å². The SMILES string of the molecule is COCC1(CC(=O)N(C)C2CCCN(C(=O)c3cc(C)no3)CC2)CC1. The first-order valence-corrected chi connectivity index (χ1v) is 9.41. The molecule has 7 nitrogen and oxygen atoms in total. The Balaban J connectivity index is 1.54. The third-order valence-corrected chi connectivity index (χ3v) is 5.70. The molecule has 2 amide bonds. The summed E-state index contributed by atoms with van der Waals surface area (Å²) in [6.07, 6.45) is 5.29. The van der Waals surface area contributed by atoms with Gasteiger partial charge in [-0.25, -0.2) is 0 Å². The van der Waals surface area contributed by atoms with Gasteiger partial charge in [-0.2, -0.15) is 0 Å². The molecule has 1 aliphatic heterocycles. The van der Waals surface area contributed by atoms with E-state index in [1.54, 1.807) is 20.1 Å². The second-order valence-electron chi connectivity index (χ2n) is 7.82. The Morgan fingerprint density at radius 3 is 2.77 bits per heavy atom. The van der Waals surface area contributed by atoms with Crippen molar-refractivity contribution in [3.63, 3.8) is 0 Å². The highest BCUT2D eigenvalue weighted by atomic mass is 16.5. The Bertz CT molecular complexity index is 653. The van der Waals surface area contributed by atoms with Gasteiger partial charge in [0.25, 0.3) is 5.91 Å². The minimum Gasteiger partial charge on any atom is -0.384 e. The average Bonchev–Trinajstić information content (AvgIpc) is 3.30. The Labute approximate surface area is 154 Å². The Kier molecular flexibility index (Phi) is 5.65. The van der Waals surface area contributed by atoms with Gasteiger partial charge >= 0.3 is 0 Å². The van der Waals surface area contributed by atoms with Crippen molar-refractivity contribution in [2.45, 2.75) is 51.5 Å². The minimum atomic E-state index is -0.114. The summed E-state index contributed by atoms with van der Waals surface area (Å²) >= 11 is 0. The van der Waals surface area contributed by atoms with Crippen LogP contribution in [0.4, 0.5) is 0 Å². The Hall–Kier alpha value is -1.89. The predicted molar refractivity (Wildman–Crippen MR) is 95.7 cm³/mol. The van der Waals surface area contributed by atoms with Crippen molar-refractivity contribution in [2.75, 3.05) is 33.9 Å². The normalized spacial score (nSPS) is 22.0. The van der Waals surface area contributed by atoms with Crippen LogP contribution in [-0.4, -0.2) is 66.7 Å². The molecule has 1 atom stereocenters. The standard InChI is InChI=1S/C19H29N3O4/c1-14-11-16(26-20-14)18(24)22-9-4-5-15(6-10-22)21(2)17(23)12-19(7-8-19)13-25-3/h11,15H,4-10,12-13H2,1-3H3. The van der Waals surface area contributed by atoms with Crippen LogP contribution in [0.3, 0.4) is 0 Å². The summed E-state index contributed by atoms with van der Waals surface area (Å²) in [5.74, 6) is 0.369. The van der Waals surface area contributed by atoms with Gasteiger partial charge in [-0.15, -0.1) is 0 Å². The molecule has 2 heterocycles. The van der Waals surface area contributed by atoms with E-state index >= 15 is 0 Å². The number of nitrogens with zero attached hydrogens (tertiary/aromatic N) is 3. The molecule has 1 saturated carbocycles. The monoisotopic (exact) mass is 363 g/mol. The fraction of sp³-hybridized carbons (Fsp3) is 0.737. The van der Waals surface area contributed by atoms with Gasteiger partial charge in [0, 0.05) is 51.2 Å². The highest BCUT2D eigenvalue weighted by molar-refractivity contribution is 5.91. The molecule has 7 heteroatoms. The molecule has 2 aliphatic rings. The van der Waals surface area contributed by atoms with E-state index in [4.69, 9.17) is 9.26 Å². The average molecular weight is 363 g/mol. The largest absolute Gasteiger partial charge is 0.384 e. The zero-order valence-corrected chi connectivity index (χ0v) is 16.0. The molecule has 0 radical (unpaired) electrons. The topological polar surface area (TPSA) is 75.9 Å².